The molecule has 0 spiro atoms. The van der Waals surface area contributed by atoms with Crippen molar-refractivity contribution in [2.45, 2.75) is 0 Å². The summed E-state index contributed by atoms with van der Waals surface area (Å²) in [6.07, 6.45) is 0. The first kappa shape index (κ1) is 6.08. The molecule has 1 heterocycles. The van der Waals surface area contributed by atoms with Gasteiger partial charge in [0.25, 0.3) is 0 Å². The van der Waals surface area contributed by atoms with E-state index < -0.39 is 0 Å². The Morgan fingerprint density at radius 2 is 1.78 bits per heavy atom. The zero-order valence-electron chi connectivity index (χ0n) is 4.58. The molecule has 0 fully saturated rings. The van der Waals surface area contributed by atoms with E-state index in [-0.39, 0.29) is 0 Å². The van der Waals surface area contributed by atoms with Crippen LogP contribution in [0.1, 0.15) is 0 Å². The number of hydrogen-bond acceptors (Lipinski definition) is 2. The van der Waals surface area contributed by atoms with Gasteiger partial charge in [-0.3, -0.25) is 0 Å². The quantitative estimate of drug-likeness (QED) is 0.751. The summed E-state index contributed by atoms with van der Waals surface area (Å²) in [4.78, 5) is 0. The first-order chi connectivity index (χ1) is 4.45. The summed E-state index contributed by atoms with van der Waals surface area (Å²) in [6.45, 7) is 0. The zero-order valence-corrected chi connectivity index (χ0v) is 6.29. The molecule has 1 aliphatic rings. The van der Waals surface area contributed by atoms with E-state index in [2.05, 4.69) is 19.4 Å². The van der Waals surface area contributed by atoms with Crippen LogP contribution in [0.5, 0.6) is 0 Å². The van der Waals surface area contributed by atoms with Gasteiger partial charge in [0, 0.05) is 0 Å². The van der Waals surface area contributed by atoms with Crippen LogP contribution in [0, 0.1) is 43.2 Å². The first-order valence-electron chi connectivity index (χ1n) is 2.59. The summed E-state index contributed by atoms with van der Waals surface area (Å²) in [5, 5.41) is 0. The summed E-state index contributed by atoms with van der Waals surface area (Å²) in [6, 6.07) is 8.29. The van der Waals surface area contributed by atoms with E-state index in [1.165, 1.54) is 11.4 Å². The monoisotopic (exact) mass is 280 g/mol. The summed E-state index contributed by atoms with van der Waals surface area (Å²) in [7, 11) is 0. The van der Waals surface area contributed by atoms with Crippen molar-refractivity contribution >= 4 is 11.4 Å². The zero-order chi connectivity index (χ0) is 6.10. The van der Waals surface area contributed by atoms with Gasteiger partial charge < -0.3 is 0 Å². The molecule has 54 valence electrons. The van der Waals surface area contributed by atoms with E-state index in [1.807, 2.05) is 6.07 Å². The molecule has 0 saturated heterocycles. The second kappa shape index (κ2) is 2.52. The number of benzene rings is 1. The third-order valence-electron chi connectivity index (χ3n) is 1.08. The Hall–Kier alpha value is 0.339. The van der Waals surface area contributed by atoms with Crippen molar-refractivity contribution < 1.29 is 43.2 Å². The molecule has 0 aromatic heterocycles. The van der Waals surface area contributed by atoms with Gasteiger partial charge in [-0.15, -0.1) is 0 Å². The average Bonchev–Trinajstić information content (AvgIpc) is 1.88. The summed E-state index contributed by atoms with van der Waals surface area (Å²) in [5.74, 6) is 0. The molecular formula is C6H6N2Yb. The van der Waals surface area contributed by atoms with Crippen molar-refractivity contribution in [3.8, 4) is 0 Å². The van der Waals surface area contributed by atoms with Gasteiger partial charge in [-0.1, -0.05) is 0 Å². The molecule has 0 unspecified atom stereocenters. The van der Waals surface area contributed by atoms with Gasteiger partial charge >= 0.3 is 80.0 Å². The van der Waals surface area contributed by atoms with Gasteiger partial charge in [0.05, 0.1) is 0 Å². The maximum absolute atomic E-state index is 3.23. The Balaban J connectivity index is 2.53. The van der Waals surface area contributed by atoms with Crippen molar-refractivity contribution in [2.75, 3.05) is 1.18 Å². The molecule has 2 N–H and O–H groups in total. The van der Waals surface area contributed by atoms with Crippen molar-refractivity contribution in [1.82, 2.24) is 0 Å². The summed E-state index contributed by atoms with van der Waals surface area (Å²) < 4.78 is 6.46. The van der Waals surface area contributed by atoms with Gasteiger partial charge in [0.1, 0.15) is 0 Å². The van der Waals surface area contributed by atoms with Crippen LogP contribution in [0.15, 0.2) is 24.3 Å². The van der Waals surface area contributed by atoms with Crippen molar-refractivity contribution in [2.24, 2.45) is 0 Å². The predicted molar refractivity (Wildman–Crippen MR) is 33.7 cm³/mol. The fourth-order valence-electron chi connectivity index (χ4n) is 0.696. The second-order valence-corrected chi connectivity index (χ2v) is 3.07. The Labute approximate surface area is 78.9 Å². The van der Waals surface area contributed by atoms with E-state index in [9.17, 15) is 0 Å². The molecule has 2 rings (SSSR count). The first-order valence-corrected chi connectivity index (χ1v) is 4.30. The molecule has 3 heteroatoms. The van der Waals surface area contributed by atoms with Gasteiger partial charge in [0.2, 0.25) is 0 Å². The van der Waals surface area contributed by atoms with Crippen LogP contribution in [0.2, 0.25) is 0 Å². The Kier molecular flexibility index (Phi) is 1.70. The predicted octanol–water partition coefficient (Wildman–Crippen LogP) is 1.44. The third-order valence-corrected chi connectivity index (χ3v) is 2.50. The van der Waals surface area contributed by atoms with Crippen LogP contribution in [-0.2, 0) is 0 Å². The summed E-state index contributed by atoms with van der Waals surface area (Å²) >= 11 is 0.416. The minimum atomic E-state index is 0.416. The molecule has 0 aliphatic carbocycles. The fraction of sp³-hybridized carbons (Fsp3) is 0. The van der Waals surface area contributed by atoms with Crippen molar-refractivity contribution in [1.29, 1.82) is 0 Å². The van der Waals surface area contributed by atoms with Gasteiger partial charge in [-0.25, -0.2) is 0 Å². The average molecular weight is 279 g/mol. The molecule has 1 aromatic rings. The minimum absolute atomic E-state index is 0.416. The van der Waals surface area contributed by atoms with E-state index in [0.29, 0.717) is 43.2 Å². The molecule has 0 radical (unpaired) electrons. The molecule has 0 atom stereocenters. The fourth-order valence-corrected chi connectivity index (χ4v) is 1.83. The number of hydrogen-bond donors (Lipinski definition) is 2. The van der Waals surface area contributed by atoms with Crippen molar-refractivity contribution in [3.05, 3.63) is 24.3 Å². The molecule has 0 amide bonds. The number of nitrogens with one attached hydrogen (secondary N) is 2. The number of fused-ring (bicyclic) bond motifs is 2. The number of rotatable bonds is 0. The molecule has 9 heavy (non-hydrogen) atoms. The maximum atomic E-state index is 3.23. The Morgan fingerprint density at radius 3 is 2.33 bits per heavy atom. The standard InChI is InChI=1S/C6H6N2.Yb/c7-5-2-1-3-6(8)4-5;/h1-4,7-8H;/q-2;+2. The molecule has 1 aliphatic heterocycles. The second-order valence-electron chi connectivity index (χ2n) is 1.78. The van der Waals surface area contributed by atoms with Crippen LogP contribution in [0.4, 0.5) is 11.4 Å². The van der Waals surface area contributed by atoms with E-state index >= 15 is 0 Å². The normalized spacial score (nSPS) is 14.7. The van der Waals surface area contributed by atoms with E-state index in [4.69, 9.17) is 0 Å². The third kappa shape index (κ3) is 1.26. The SMILES string of the molecule is c1cc2cc(c1)[NH][Yb][NH]2. The number of anilines is 2. The topological polar surface area (TPSA) is 24.1 Å². The summed E-state index contributed by atoms with van der Waals surface area (Å²) in [5.41, 5.74) is 2.45. The van der Waals surface area contributed by atoms with Crippen LogP contribution < -0.4 is 1.18 Å². The van der Waals surface area contributed by atoms with Crippen LogP contribution in [0.3, 0.4) is 0 Å². The van der Waals surface area contributed by atoms with Gasteiger partial charge in [-0.05, 0) is 0 Å². The molecule has 0 saturated carbocycles. The van der Waals surface area contributed by atoms with Gasteiger partial charge in [-0.2, -0.15) is 0 Å². The van der Waals surface area contributed by atoms with Crippen molar-refractivity contribution in [3.63, 3.8) is 0 Å². The Bertz CT molecular complexity index is 205. The Morgan fingerprint density at radius 1 is 1.11 bits per heavy atom. The molecule has 2 bridgehead atoms. The van der Waals surface area contributed by atoms with Crippen LogP contribution >= 0.6 is 0 Å². The molecule has 2 nitrogen and oxygen atoms in total. The van der Waals surface area contributed by atoms with Gasteiger partial charge in [0.15, 0.2) is 0 Å². The van der Waals surface area contributed by atoms with E-state index in [1.54, 1.807) is 0 Å². The van der Waals surface area contributed by atoms with Crippen LogP contribution in [0.25, 0.3) is 0 Å². The molecule has 1 aromatic carbocycles. The van der Waals surface area contributed by atoms with E-state index in [0.717, 1.165) is 0 Å². The molecular weight excluding hydrogens is 273 g/mol. The van der Waals surface area contributed by atoms with Crippen LogP contribution in [-0.4, -0.2) is 0 Å².